The summed E-state index contributed by atoms with van der Waals surface area (Å²) < 4.78 is 16.6. The average molecular weight is 639 g/mol. The highest BCUT2D eigenvalue weighted by molar-refractivity contribution is 6.07. The van der Waals surface area contributed by atoms with E-state index in [1.54, 1.807) is 104 Å². The maximum Gasteiger partial charge on any atom is 0.337 e. The molecular formula is C35H34N4O8. The second kappa shape index (κ2) is 16.3. The molecule has 0 aliphatic rings. The summed E-state index contributed by atoms with van der Waals surface area (Å²) in [6.07, 6.45) is -1.88. The number of likely N-dealkylation sites (N-methyl/N-ethyl adjacent to an activating group) is 1. The lowest BCUT2D eigenvalue weighted by atomic mass is 10.1. The van der Waals surface area contributed by atoms with E-state index < -0.39 is 54.9 Å². The van der Waals surface area contributed by atoms with Crippen molar-refractivity contribution in [1.82, 2.24) is 5.32 Å². The van der Waals surface area contributed by atoms with Crippen molar-refractivity contribution in [2.24, 2.45) is 5.73 Å². The summed E-state index contributed by atoms with van der Waals surface area (Å²) in [7, 11) is 2.95. The molecule has 4 aromatic carbocycles. The SMILES string of the molecule is COc1ccccc1C(=O)COC(C(=O)N(CC(=O)N(C)c1ccccc1)c1ccccc1)C(NC(N)=O)C(=O)Oc1ccccc1. The first kappa shape index (κ1) is 33.9. The lowest BCUT2D eigenvalue weighted by molar-refractivity contribution is -0.146. The van der Waals surface area contributed by atoms with Gasteiger partial charge in [-0.1, -0.05) is 66.7 Å². The molecule has 4 amide bonds. The van der Waals surface area contributed by atoms with E-state index in [0.717, 1.165) is 4.90 Å². The predicted molar refractivity (Wildman–Crippen MR) is 174 cm³/mol. The van der Waals surface area contributed by atoms with Crippen LogP contribution in [0.2, 0.25) is 0 Å². The number of esters is 1. The highest BCUT2D eigenvalue weighted by Gasteiger charge is 2.41. The number of methoxy groups -OCH3 is 1. The molecule has 12 nitrogen and oxygen atoms in total. The number of carbonyl (C=O) groups is 5. The summed E-state index contributed by atoms with van der Waals surface area (Å²) >= 11 is 0. The standard InChI is InChI=1S/C35H34N4O8/c1-38(24-14-6-3-7-15-24)30(41)22-39(25-16-8-4-9-17-25)33(42)32(46-23-28(40)27-20-12-13-21-29(27)45-2)31(37-35(36)44)34(43)47-26-18-10-5-11-19-26/h3-21,31-32H,22-23H2,1-2H3,(H3,36,37,44). The molecule has 3 N–H and O–H groups in total. The van der Waals surface area contributed by atoms with Gasteiger partial charge in [0.2, 0.25) is 5.91 Å². The number of carbonyl (C=O) groups excluding carboxylic acids is 5. The number of rotatable bonds is 14. The Hall–Kier alpha value is -6.01. The minimum Gasteiger partial charge on any atom is -0.496 e. The van der Waals surface area contributed by atoms with Crippen LogP contribution in [0.5, 0.6) is 11.5 Å². The van der Waals surface area contributed by atoms with Gasteiger partial charge < -0.3 is 35.1 Å². The van der Waals surface area contributed by atoms with Crippen molar-refractivity contribution in [3.63, 3.8) is 0 Å². The van der Waals surface area contributed by atoms with E-state index in [-0.39, 0.29) is 22.7 Å². The number of nitrogens with two attached hydrogens (primary N) is 1. The summed E-state index contributed by atoms with van der Waals surface area (Å²) in [4.78, 5) is 69.5. The number of hydrogen-bond acceptors (Lipinski definition) is 8. The van der Waals surface area contributed by atoms with Gasteiger partial charge >= 0.3 is 12.0 Å². The fourth-order valence-corrected chi connectivity index (χ4v) is 4.60. The zero-order chi connectivity index (χ0) is 33.8. The maximum atomic E-state index is 14.5. The molecule has 0 bridgehead atoms. The van der Waals surface area contributed by atoms with E-state index in [4.69, 9.17) is 19.9 Å². The second-order valence-corrected chi connectivity index (χ2v) is 10.1. The second-order valence-electron chi connectivity index (χ2n) is 10.1. The molecule has 4 aromatic rings. The van der Waals surface area contributed by atoms with Crippen LogP contribution in [0, 0.1) is 0 Å². The lowest BCUT2D eigenvalue weighted by Crippen LogP contribution is -2.59. The molecule has 0 saturated carbocycles. The van der Waals surface area contributed by atoms with Gasteiger partial charge in [0.15, 0.2) is 17.9 Å². The Morgan fingerprint density at radius 2 is 1.32 bits per heavy atom. The van der Waals surface area contributed by atoms with E-state index in [1.165, 1.54) is 30.2 Å². The van der Waals surface area contributed by atoms with Crippen molar-refractivity contribution < 1.29 is 38.2 Å². The van der Waals surface area contributed by atoms with Crippen molar-refractivity contribution in [3.8, 4) is 11.5 Å². The van der Waals surface area contributed by atoms with Crippen LogP contribution in [0.25, 0.3) is 0 Å². The Kier molecular flexibility index (Phi) is 11.8. The van der Waals surface area contributed by atoms with Gasteiger partial charge in [0.25, 0.3) is 5.91 Å². The van der Waals surface area contributed by atoms with Gasteiger partial charge in [0.1, 0.15) is 24.7 Å². The van der Waals surface area contributed by atoms with Crippen LogP contribution in [-0.4, -0.2) is 69.1 Å². The molecule has 0 aliphatic heterocycles. The molecule has 0 aromatic heterocycles. The van der Waals surface area contributed by atoms with Crippen molar-refractivity contribution in [2.75, 3.05) is 37.1 Å². The molecule has 242 valence electrons. The zero-order valence-corrected chi connectivity index (χ0v) is 25.8. The van der Waals surface area contributed by atoms with Crippen LogP contribution in [0.3, 0.4) is 0 Å². The number of nitrogens with zero attached hydrogens (tertiary/aromatic N) is 2. The van der Waals surface area contributed by atoms with Crippen LogP contribution >= 0.6 is 0 Å². The Morgan fingerprint density at radius 1 is 0.766 bits per heavy atom. The summed E-state index contributed by atoms with van der Waals surface area (Å²) in [5.74, 6) is -2.71. The van der Waals surface area contributed by atoms with E-state index in [1.807, 2.05) is 0 Å². The molecule has 0 heterocycles. The molecule has 2 unspecified atom stereocenters. The highest BCUT2D eigenvalue weighted by atomic mass is 16.5. The highest BCUT2D eigenvalue weighted by Crippen LogP contribution is 2.22. The van der Waals surface area contributed by atoms with Gasteiger partial charge in [-0.25, -0.2) is 9.59 Å². The van der Waals surface area contributed by atoms with Crippen LogP contribution in [0.15, 0.2) is 115 Å². The van der Waals surface area contributed by atoms with Crippen LogP contribution in [0.1, 0.15) is 10.4 Å². The first-order valence-electron chi connectivity index (χ1n) is 14.5. The number of anilines is 2. The molecule has 0 fully saturated rings. The third-order valence-electron chi connectivity index (χ3n) is 7.01. The van der Waals surface area contributed by atoms with Crippen LogP contribution in [0.4, 0.5) is 16.2 Å². The first-order valence-corrected chi connectivity index (χ1v) is 14.5. The summed E-state index contributed by atoms with van der Waals surface area (Å²) in [6, 6.07) is 28.3. The van der Waals surface area contributed by atoms with Crippen LogP contribution in [-0.2, 0) is 19.1 Å². The Morgan fingerprint density at radius 3 is 1.91 bits per heavy atom. The minimum absolute atomic E-state index is 0.115. The van der Waals surface area contributed by atoms with E-state index in [9.17, 15) is 24.0 Å². The summed E-state index contributed by atoms with van der Waals surface area (Å²) in [5, 5.41) is 2.24. The number of ether oxygens (including phenoxy) is 3. The monoisotopic (exact) mass is 638 g/mol. The zero-order valence-electron chi connectivity index (χ0n) is 25.8. The third-order valence-corrected chi connectivity index (χ3v) is 7.01. The third kappa shape index (κ3) is 9.02. The lowest BCUT2D eigenvalue weighted by Gasteiger charge is -2.31. The summed E-state index contributed by atoms with van der Waals surface area (Å²) in [5.41, 5.74) is 6.46. The van der Waals surface area contributed by atoms with Crippen molar-refractivity contribution in [3.05, 3.63) is 121 Å². The van der Waals surface area contributed by atoms with E-state index >= 15 is 0 Å². The minimum atomic E-state index is -1.88. The fourth-order valence-electron chi connectivity index (χ4n) is 4.60. The number of primary amides is 1. The normalized spacial score (nSPS) is 11.8. The molecule has 2 atom stereocenters. The number of para-hydroxylation sites is 4. The summed E-state index contributed by atoms with van der Waals surface area (Å²) in [6.45, 7) is -1.21. The molecular weight excluding hydrogens is 604 g/mol. The Balaban J connectivity index is 1.73. The Bertz CT molecular complexity index is 1690. The average Bonchev–Trinajstić information content (AvgIpc) is 3.10. The first-order chi connectivity index (χ1) is 22.7. The largest absolute Gasteiger partial charge is 0.496 e. The molecule has 0 spiro atoms. The van der Waals surface area contributed by atoms with Crippen LogP contribution < -0.4 is 30.3 Å². The maximum absolute atomic E-state index is 14.5. The smallest absolute Gasteiger partial charge is 0.337 e. The quantitative estimate of drug-likeness (QED) is 0.121. The molecule has 4 rings (SSSR count). The number of nitrogens with one attached hydrogen (secondary N) is 1. The van der Waals surface area contributed by atoms with Gasteiger partial charge in [0, 0.05) is 18.4 Å². The topological polar surface area (TPSA) is 158 Å². The van der Waals surface area contributed by atoms with Gasteiger partial charge in [-0.05, 0) is 48.5 Å². The number of ketones is 1. The van der Waals surface area contributed by atoms with Crippen molar-refractivity contribution in [2.45, 2.75) is 12.1 Å². The number of hydrogen-bond donors (Lipinski definition) is 2. The van der Waals surface area contributed by atoms with Crippen molar-refractivity contribution >= 4 is 41.0 Å². The number of Topliss-reactive ketones (excluding diaryl/α,β-unsaturated/α-hetero) is 1. The molecule has 0 aliphatic carbocycles. The number of benzene rings is 4. The molecule has 12 heteroatoms. The van der Waals surface area contributed by atoms with Gasteiger partial charge in [-0.2, -0.15) is 0 Å². The molecule has 0 radical (unpaired) electrons. The predicted octanol–water partition coefficient (Wildman–Crippen LogP) is 3.60. The van der Waals surface area contributed by atoms with Gasteiger partial charge in [0.05, 0.1) is 12.7 Å². The Labute approximate surface area is 271 Å². The van der Waals surface area contributed by atoms with Gasteiger partial charge in [-0.15, -0.1) is 0 Å². The molecule has 47 heavy (non-hydrogen) atoms. The van der Waals surface area contributed by atoms with Gasteiger partial charge in [-0.3, -0.25) is 14.4 Å². The van der Waals surface area contributed by atoms with Crippen molar-refractivity contribution in [1.29, 1.82) is 0 Å². The molecule has 0 saturated heterocycles. The number of amides is 4. The van der Waals surface area contributed by atoms with E-state index in [2.05, 4.69) is 5.32 Å². The fraction of sp³-hybridized carbons (Fsp3) is 0.171. The van der Waals surface area contributed by atoms with E-state index in [0.29, 0.717) is 5.69 Å². The number of urea groups is 1.